The summed E-state index contributed by atoms with van der Waals surface area (Å²) in [6, 6.07) is 6.77. The molecule has 0 saturated carbocycles. The molecular formula is C17H15BrF4N2O2. The molecule has 1 aliphatic heterocycles. The zero-order chi connectivity index (χ0) is 19.1. The molecule has 26 heavy (non-hydrogen) atoms. The fraction of sp³-hybridized carbons (Fsp3) is 0.353. The number of aromatic nitrogens is 1. The normalized spacial score (nSPS) is 20.0. The van der Waals surface area contributed by atoms with Crippen molar-refractivity contribution in [1.82, 2.24) is 4.98 Å². The van der Waals surface area contributed by atoms with Crippen LogP contribution in [0.15, 0.2) is 34.9 Å². The molecule has 0 fully saturated rings. The van der Waals surface area contributed by atoms with Crippen molar-refractivity contribution in [3.8, 4) is 5.75 Å². The summed E-state index contributed by atoms with van der Waals surface area (Å²) in [7, 11) is 0. The second-order valence-electron chi connectivity index (χ2n) is 6.27. The number of hydrogen-bond donors (Lipinski definition) is 1. The molecule has 1 N–H and O–H groups in total. The Hall–Kier alpha value is -1.87. The molecule has 0 aliphatic carbocycles. The van der Waals surface area contributed by atoms with Crippen molar-refractivity contribution < 1.29 is 27.4 Å². The Kier molecular flexibility index (Phi) is 4.87. The number of hydrogen-bond acceptors (Lipinski definition) is 4. The van der Waals surface area contributed by atoms with Crippen molar-refractivity contribution in [2.24, 2.45) is 0 Å². The quantitative estimate of drug-likeness (QED) is 0.570. The minimum absolute atomic E-state index is 0.0204. The Balaban J connectivity index is 1.84. The third-order valence-electron chi connectivity index (χ3n) is 4.16. The molecule has 0 saturated heterocycles. The van der Waals surface area contributed by atoms with E-state index in [9.17, 15) is 22.7 Å². The first kappa shape index (κ1) is 18.9. The summed E-state index contributed by atoms with van der Waals surface area (Å²) in [5.41, 5.74) is 0.342. The van der Waals surface area contributed by atoms with E-state index < -0.39 is 17.8 Å². The second-order valence-corrected chi connectivity index (χ2v) is 7.02. The lowest BCUT2D eigenvalue weighted by Crippen LogP contribution is -2.39. The van der Waals surface area contributed by atoms with Gasteiger partial charge in [0.15, 0.2) is 5.82 Å². The fourth-order valence-corrected chi connectivity index (χ4v) is 3.16. The van der Waals surface area contributed by atoms with Gasteiger partial charge in [0.25, 0.3) is 0 Å². The Morgan fingerprint density at radius 2 is 1.96 bits per heavy atom. The molecule has 1 aliphatic rings. The maximum Gasteiger partial charge on any atom is 0.573 e. The van der Waals surface area contributed by atoms with E-state index in [-0.39, 0.29) is 10.4 Å². The SMILES string of the molecule is CC1(O)CCN(Cc2ccc(OC(F)(F)F)cc2)c2cc(F)c(Br)nc21. The summed E-state index contributed by atoms with van der Waals surface area (Å²) in [5.74, 6) is -0.861. The Morgan fingerprint density at radius 3 is 2.58 bits per heavy atom. The maximum absolute atomic E-state index is 13.9. The summed E-state index contributed by atoms with van der Waals surface area (Å²) in [6.45, 7) is 2.39. The van der Waals surface area contributed by atoms with Crippen LogP contribution < -0.4 is 9.64 Å². The van der Waals surface area contributed by atoms with Crippen LogP contribution in [0.1, 0.15) is 24.6 Å². The van der Waals surface area contributed by atoms with E-state index in [1.807, 2.05) is 4.90 Å². The van der Waals surface area contributed by atoms with Crippen molar-refractivity contribution >= 4 is 21.6 Å². The van der Waals surface area contributed by atoms with Gasteiger partial charge in [-0.05, 0) is 47.0 Å². The van der Waals surface area contributed by atoms with Crippen LogP contribution in [0.2, 0.25) is 0 Å². The summed E-state index contributed by atoms with van der Waals surface area (Å²) < 4.78 is 54.5. The number of fused-ring (bicyclic) bond motifs is 1. The Morgan fingerprint density at radius 1 is 1.31 bits per heavy atom. The highest BCUT2D eigenvalue weighted by molar-refractivity contribution is 9.10. The van der Waals surface area contributed by atoms with Gasteiger partial charge in [0.1, 0.15) is 16.0 Å². The van der Waals surface area contributed by atoms with E-state index in [0.29, 0.717) is 30.9 Å². The molecule has 0 bridgehead atoms. The molecule has 140 valence electrons. The molecule has 0 amide bonds. The van der Waals surface area contributed by atoms with Crippen LogP contribution in [0.5, 0.6) is 5.75 Å². The number of rotatable bonds is 3. The zero-order valence-corrected chi connectivity index (χ0v) is 15.2. The van der Waals surface area contributed by atoms with Gasteiger partial charge in [-0.1, -0.05) is 12.1 Å². The van der Waals surface area contributed by atoms with Gasteiger partial charge < -0.3 is 14.7 Å². The van der Waals surface area contributed by atoms with E-state index in [1.54, 1.807) is 6.92 Å². The van der Waals surface area contributed by atoms with Crippen molar-refractivity contribution in [2.45, 2.75) is 31.9 Å². The van der Waals surface area contributed by atoms with Crippen LogP contribution in [-0.2, 0) is 12.1 Å². The van der Waals surface area contributed by atoms with Crippen molar-refractivity contribution in [3.63, 3.8) is 0 Å². The van der Waals surface area contributed by atoms with Gasteiger partial charge >= 0.3 is 6.36 Å². The first-order valence-electron chi connectivity index (χ1n) is 7.74. The highest BCUT2D eigenvalue weighted by Crippen LogP contribution is 2.39. The lowest BCUT2D eigenvalue weighted by Gasteiger charge is -2.38. The zero-order valence-electron chi connectivity index (χ0n) is 13.6. The van der Waals surface area contributed by atoms with Gasteiger partial charge in [-0.25, -0.2) is 9.37 Å². The first-order valence-corrected chi connectivity index (χ1v) is 8.53. The molecule has 1 unspecified atom stereocenters. The standard InChI is InChI=1S/C17H15BrF4N2O2/c1-16(25)6-7-24(13-8-12(19)15(18)23-14(13)16)9-10-2-4-11(5-3-10)26-17(20,21)22/h2-5,8,25H,6-7,9H2,1H3. The molecule has 0 spiro atoms. The number of benzene rings is 1. The third kappa shape index (κ3) is 4.09. The van der Waals surface area contributed by atoms with Crippen LogP contribution in [0.4, 0.5) is 23.2 Å². The van der Waals surface area contributed by atoms with Crippen molar-refractivity contribution in [3.05, 3.63) is 52.0 Å². The maximum atomic E-state index is 13.9. The van der Waals surface area contributed by atoms with Crippen LogP contribution >= 0.6 is 15.9 Å². The lowest BCUT2D eigenvalue weighted by molar-refractivity contribution is -0.274. The average molecular weight is 435 g/mol. The molecule has 1 aromatic carbocycles. The molecular weight excluding hydrogens is 420 g/mol. The van der Waals surface area contributed by atoms with Crippen molar-refractivity contribution in [1.29, 1.82) is 0 Å². The first-order chi connectivity index (χ1) is 12.0. The Labute approximate surface area is 155 Å². The number of aliphatic hydroxyl groups is 1. The van der Waals surface area contributed by atoms with E-state index >= 15 is 0 Å². The highest BCUT2D eigenvalue weighted by atomic mass is 79.9. The van der Waals surface area contributed by atoms with Crippen LogP contribution in [-0.4, -0.2) is 23.0 Å². The van der Waals surface area contributed by atoms with Crippen LogP contribution in [0, 0.1) is 5.82 Å². The predicted molar refractivity (Wildman–Crippen MR) is 90.3 cm³/mol. The molecule has 1 aromatic heterocycles. The van der Waals surface area contributed by atoms with E-state index in [2.05, 4.69) is 25.7 Å². The number of halogens is 5. The molecule has 1 atom stereocenters. The fourth-order valence-electron chi connectivity index (χ4n) is 2.87. The van der Waals surface area contributed by atoms with Gasteiger partial charge in [-0.15, -0.1) is 13.2 Å². The highest BCUT2D eigenvalue weighted by Gasteiger charge is 2.36. The second kappa shape index (κ2) is 6.70. The summed E-state index contributed by atoms with van der Waals surface area (Å²) in [5, 5.41) is 10.5. The number of pyridine rings is 1. The number of alkyl halides is 3. The van der Waals surface area contributed by atoms with Crippen LogP contribution in [0.25, 0.3) is 0 Å². The summed E-state index contributed by atoms with van der Waals surface area (Å²) in [6.07, 6.45) is -4.35. The number of ether oxygens (including phenoxy) is 1. The van der Waals surface area contributed by atoms with E-state index in [1.165, 1.54) is 30.3 Å². The minimum atomic E-state index is -4.74. The van der Waals surface area contributed by atoms with E-state index in [0.717, 1.165) is 5.56 Å². The topological polar surface area (TPSA) is 45.6 Å². The van der Waals surface area contributed by atoms with Gasteiger partial charge in [-0.3, -0.25) is 0 Å². The van der Waals surface area contributed by atoms with Gasteiger partial charge in [0, 0.05) is 19.2 Å². The Bertz CT molecular complexity index is 810. The molecule has 9 heteroatoms. The lowest BCUT2D eigenvalue weighted by atomic mass is 9.91. The van der Waals surface area contributed by atoms with E-state index in [4.69, 9.17) is 0 Å². The largest absolute Gasteiger partial charge is 0.573 e. The third-order valence-corrected chi connectivity index (χ3v) is 4.72. The molecule has 0 radical (unpaired) electrons. The number of nitrogens with zero attached hydrogens (tertiary/aromatic N) is 2. The summed E-state index contributed by atoms with van der Waals surface area (Å²) in [4.78, 5) is 5.95. The smallest absolute Gasteiger partial charge is 0.406 e. The van der Waals surface area contributed by atoms with Gasteiger partial charge in [-0.2, -0.15) is 0 Å². The van der Waals surface area contributed by atoms with Gasteiger partial charge in [0.05, 0.1) is 11.4 Å². The molecule has 2 aromatic rings. The molecule has 3 rings (SSSR count). The minimum Gasteiger partial charge on any atom is -0.406 e. The average Bonchev–Trinajstić information content (AvgIpc) is 2.53. The van der Waals surface area contributed by atoms with Gasteiger partial charge in [0.2, 0.25) is 0 Å². The molecule has 2 heterocycles. The summed E-state index contributed by atoms with van der Waals surface area (Å²) >= 11 is 3.02. The monoisotopic (exact) mass is 434 g/mol. The van der Waals surface area contributed by atoms with Crippen molar-refractivity contribution in [2.75, 3.05) is 11.4 Å². The molecule has 4 nitrogen and oxygen atoms in total. The van der Waals surface area contributed by atoms with Crippen LogP contribution in [0.3, 0.4) is 0 Å². The number of anilines is 1. The predicted octanol–water partition coefficient (Wildman–Crippen LogP) is 4.50.